The van der Waals surface area contributed by atoms with Crippen LogP contribution >= 0.6 is 11.3 Å². The van der Waals surface area contributed by atoms with Crippen molar-refractivity contribution in [2.24, 2.45) is 0 Å². The Labute approximate surface area is 180 Å². The number of aromatic nitrogens is 1. The first-order valence-electron chi connectivity index (χ1n) is 10.2. The average molecular weight is 423 g/mol. The van der Waals surface area contributed by atoms with E-state index in [-0.39, 0.29) is 5.75 Å². The number of aryl methyl sites for hydroxylation is 2. The molecule has 4 rings (SSSR count). The molecular formula is C24H26N2O3S. The molecule has 0 fully saturated rings. The minimum absolute atomic E-state index is 0.0941. The third-order valence-electron chi connectivity index (χ3n) is 5.24. The first-order valence-corrected chi connectivity index (χ1v) is 11.1. The minimum atomic E-state index is -0.750. The number of hydrogen-bond acceptors (Lipinski definition) is 6. The summed E-state index contributed by atoms with van der Waals surface area (Å²) in [5, 5.41) is 30.4. The molecule has 0 aliphatic rings. The summed E-state index contributed by atoms with van der Waals surface area (Å²) in [5.74, 6) is 0.0941. The standard InChI is InChI=1S/C24H26N2O3S/c1-16-4-2-5-17(14-16)6-3-11-25-12-9-21(28)19-15-18(7-8-20(19)27)23-24-22(29-26-23)10-13-30-24/h2,4-5,7-8,10,13-15,21,25,27-28H,3,6,9,11-12H2,1H3. The Hall–Kier alpha value is -2.67. The predicted octanol–water partition coefficient (Wildman–Crippen LogP) is 5.22. The van der Waals surface area contributed by atoms with Crippen LogP contribution < -0.4 is 5.32 Å². The van der Waals surface area contributed by atoms with Crippen LogP contribution in [0.2, 0.25) is 0 Å². The molecule has 0 bridgehead atoms. The Kier molecular flexibility index (Phi) is 6.47. The van der Waals surface area contributed by atoms with Crippen LogP contribution in [0.25, 0.3) is 21.5 Å². The molecule has 3 N–H and O–H groups in total. The van der Waals surface area contributed by atoms with Crippen molar-refractivity contribution < 1.29 is 14.7 Å². The number of nitrogens with zero attached hydrogens (tertiary/aromatic N) is 1. The molecule has 1 unspecified atom stereocenters. The van der Waals surface area contributed by atoms with Crippen LogP contribution in [0.15, 0.2) is 58.4 Å². The van der Waals surface area contributed by atoms with Gasteiger partial charge in [-0.25, -0.2) is 0 Å². The topological polar surface area (TPSA) is 78.5 Å². The van der Waals surface area contributed by atoms with Gasteiger partial charge in [0, 0.05) is 11.1 Å². The molecule has 0 amide bonds. The molecule has 0 saturated carbocycles. The molecule has 2 aromatic heterocycles. The van der Waals surface area contributed by atoms with E-state index < -0.39 is 6.10 Å². The van der Waals surface area contributed by atoms with Gasteiger partial charge >= 0.3 is 0 Å². The largest absolute Gasteiger partial charge is 0.508 e. The summed E-state index contributed by atoms with van der Waals surface area (Å²) in [6.45, 7) is 3.68. The number of fused-ring (bicyclic) bond motifs is 1. The normalized spacial score (nSPS) is 12.5. The molecule has 5 nitrogen and oxygen atoms in total. The van der Waals surface area contributed by atoms with Crippen molar-refractivity contribution in [2.75, 3.05) is 13.1 Å². The van der Waals surface area contributed by atoms with E-state index in [1.165, 1.54) is 11.1 Å². The van der Waals surface area contributed by atoms with Gasteiger partial charge in [-0.05, 0) is 74.5 Å². The third kappa shape index (κ3) is 4.73. The first kappa shape index (κ1) is 20.6. The summed E-state index contributed by atoms with van der Waals surface area (Å²) in [7, 11) is 0. The zero-order valence-electron chi connectivity index (χ0n) is 17.0. The maximum atomic E-state index is 10.6. The molecule has 30 heavy (non-hydrogen) atoms. The lowest BCUT2D eigenvalue weighted by atomic mass is 10.0. The number of phenols is 1. The predicted molar refractivity (Wildman–Crippen MR) is 121 cm³/mol. The van der Waals surface area contributed by atoms with Gasteiger partial charge in [0.25, 0.3) is 0 Å². The van der Waals surface area contributed by atoms with Gasteiger partial charge in [0.1, 0.15) is 16.1 Å². The molecule has 4 aromatic rings. The van der Waals surface area contributed by atoms with Crippen molar-refractivity contribution in [3.8, 4) is 17.0 Å². The number of thiophene rings is 1. The smallest absolute Gasteiger partial charge is 0.178 e. The molecule has 0 aliphatic carbocycles. The molecule has 1 atom stereocenters. The molecule has 156 valence electrons. The van der Waals surface area contributed by atoms with Crippen molar-refractivity contribution in [2.45, 2.75) is 32.3 Å². The first-order chi connectivity index (χ1) is 14.6. The Morgan fingerprint density at radius 2 is 2.03 bits per heavy atom. The number of rotatable bonds is 9. The summed E-state index contributed by atoms with van der Waals surface area (Å²) in [6, 6.07) is 15.7. The lowest BCUT2D eigenvalue weighted by molar-refractivity contribution is 0.163. The SMILES string of the molecule is Cc1cccc(CCCNCCC(O)c2cc(-c3noc4ccsc34)ccc2O)c1. The highest BCUT2D eigenvalue weighted by molar-refractivity contribution is 7.17. The Morgan fingerprint density at radius 1 is 1.13 bits per heavy atom. The summed E-state index contributed by atoms with van der Waals surface area (Å²) < 4.78 is 6.31. The van der Waals surface area contributed by atoms with Crippen molar-refractivity contribution in [1.29, 1.82) is 0 Å². The van der Waals surface area contributed by atoms with Crippen molar-refractivity contribution in [3.63, 3.8) is 0 Å². The highest BCUT2D eigenvalue weighted by atomic mass is 32.1. The van der Waals surface area contributed by atoms with E-state index in [9.17, 15) is 10.2 Å². The van der Waals surface area contributed by atoms with Crippen LogP contribution in [0.3, 0.4) is 0 Å². The zero-order chi connectivity index (χ0) is 20.9. The number of benzene rings is 2. The number of aromatic hydroxyl groups is 1. The van der Waals surface area contributed by atoms with Gasteiger partial charge in [0.2, 0.25) is 0 Å². The molecule has 0 radical (unpaired) electrons. The van der Waals surface area contributed by atoms with Gasteiger partial charge in [-0.3, -0.25) is 0 Å². The monoisotopic (exact) mass is 422 g/mol. The lowest BCUT2D eigenvalue weighted by Crippen LogP contribution is -2.19. The highest BCUT2D eigenvalue weighted by Crippen LogP contribution is 2.36. The number of aliphatic hydroxyl groups excluding tert-OH is 1. The van der Waals surface area contributed by atoms with Crippen LogP contribution in [0, 0.1) is 6.92 Å². The van der Waals surface area contributed by atoms with E-state index in [4.69, 9.17) is 4.52 Å². The summed E-state index contributed by atoms with van der Waals surface area (Å²) in [4.78, 5) is 0. The van der Waals surface area contributed by atoms with Gasteiger partial charge in [-0.2, -0.15) is 0 Å². The van der Waals surface area contributed by atoms with E-state index in [1.54, 1.807) is 29.5 Å². The Bertz CT molecular complexity index is 1120. The molecule has 2 heterocycles. The van der Waals surface area contributed by atoms with Gasteiger partial charge in [-0.1, -0.05) is 35.0 Å². The Balaban J connectivity index is 1.30. The van der Waals surface area contributed by atoms with E-state index in [0.29, 0.717) is 18.5 Å². The number of hydrogen-bond donors (Lipinski definition) is 3. The van der Waals surface area contributed by atoms with Crippen LogP contribution in [0.1, 0.15) is 35.6 Å². The Morgan fingerprint density at radius 3 is 2.90 bits per heavy atom. The lowest BCUT2D eigenvalue weighted by Gasteiger charge is -2.14. The van der Waals surface area contributed by atoms with E-state index in [1.807, 2.05) is 11.4 Å². The molecular weight excluding hydrogens is 396 g/mol. The van der Waals surface area contributed by atoms with Crippen molar-refractivity contribution in [1.82, 2.24) is 10.5 Å². The molecule has 0 aliphatic heterocycles. The van der Waals surface area contributed by atoms with Crippen molar-refractivity contribution >= 4 is 21.6 Å². The van der Waals surface area contributed by atoms with Gasteiger partial charge in [-0.15, -0.1) is 11.3 Å². The van der Waals surface area contributed by atoms with Gasteiger partial charge < -0.3 is 20.1 Å². The van der Waals surface area contributed by atoms with E-state index in [2.05, 4.69) is 41.7 Å². The minimum Gasteiger partial charge on any atom is -0.508 e. The number of aliphatic hydroxyl groups is 1. The fraction of sp³-hybridized carbons (Fsp3) is 0.292. The quantitative estimate of drug-likeness (QED) is 0.323. The maximum Gasteiger partial charge on any atom is 0.178 e. The molecule has 0 saturated heterocycles. The molecule has 2 aromatic carbocycles. The van der Waals surface area contributed by atoms with Gasteiger partial charge in [0.05, 0.1) is 6.10 Å². The van der Waals surface area contributed by atoms with Crippen LogP contribution in [-0.2, 0) is 6.42 Å². The highest BCUT2D eigenvalue weighted by Gasteiger charge is 2.17. The maximum absolute atomic E-state index is 10.6. The van der Waals surface area contributed by atoms with E-state index >= 15 is 0 Å². The second kappa shape index (κ2) is 9.43. The molecule has 6 heteroatoms. The second-order valence-corrected chi connectivity index (χ2v) is 8.48. The number of nitrogens with one attached hydrogen (secondary N) is 1. The van der Waals surface area contributed by atoms with Gasteiger partial charge in [0.15, 0.2) is 5.58 Å². The fourth-order valence-corrected chi connectivity index (χ4v) is 4.45. The third-order valence-corrected chi connectivity index (χ3v) is 6.14. The van der Waals surface area contributed by atoms with Crippen LogP contribution in [-0.4, -0.2) is 28.5 Å². The fourth-order valence-electron chi connectivity index (χ4n) is 3.64. The van der Waals surface area contributed by atoms with Crippen molar-refractivity contribution in [3.05, 3.63) is 70.6 Å². The van der Waals surface area contributed by atoms with Crippen LogP contribution in [0.5, 0.6) is 5.75 Å². The summed E-state index contributed by atoms with van der Waals surface area (Å²) in [5.41, 5.74) is 5.47. The average Bonchev–Trinajstić information content (AvgIpc) is 3.35. The molecule has 0 spiro atoms. The number of phenolic OH excluding ortho intramolecular Hbond substituents is 1. The van der Waals surface area contributed by atoms with Crippen LogP contribution in [0.4, 0.5) is 0 Å². The second-order valence-electron chi connectivity index (χ2n) is 7.57. The zero-order valence-corrected chi connectivity index (χ0v) is 17.8. The summed E-state index contributed by atoms with van der Waals surface area (Å²) >= 11 is 1.56. The van der Waals surface area contributed by atoms with E-state index in [0.717, 1.165) is 40.9 Å². The summed E-state index contributed by atoms with van der Waals surface area (Å²) in [6.07, 6.45) is 1.85.